The summed E-state index contributed by atoms with van der Waals surface area (Å²) < 4.78 is 6.29. The standard InChI is InChI=1S/C58H41N3O/c1-38-23-25-43(26-24-38)54(41-14-4-2-5-15-41)55(42-16-6-3-7-17-42)47-20-12-19-46(35-47)40-27-30-44(31-28-40)56-59-57(48-32-29-39-13-8-9-18-45(39)36-48)61-58(60-56)49-33-34-51-50-21-10-11-22-52(50)62-53(51)37-49/h2-23,25-38H,24H2,1H3/b55-54-. The summed E-state index contributed by atoms with van der Waals surface area (Å²) in [6, 6.07) is 68.2. The second-order valence-electron chi connectivity index (χ2n) is 16.0. The zero-order valence-electron chi connectivity index (χ0n) is 34.2. The smallest absolute Gasteiger partial charge is 0.164 e. The molecule has 0 spiro atoms. The van der Waals surface area contributed by atoms with Crippen molar-refractivity contribution in [3.05, 3.63) is 235 Å². The van der Waals surface area contributed by atoms with Crippen molar-refractivity contribution in [1.29, 1.82) is 0 Å². The van der Waals surface area contributed by atoms with Crippen molar-refractivity contribution >= 4 is 43.9 Å². The highest BCUT2D eigenvalue weighted by Gasteiger charge is 2.20. The molecule has 0 saturated carbocycles. The van der Waals surface area contributed by atoms with Gasteiger partial charge < -0.3 is 4.42 Å². The molecular weight excluding hydrogens is 755 g/mol. The van der Waals surface area contributed by atoms with Crippen LogP contribution in [0.5, 0.6) is 0 Å². The fraction of sp³-hybridized carbons (Fsp3) is 0.0517. The van der Waals surface area contributed by atoms with Crippen LogP contribution in [-0.4, -0.2) is 15.0 Å². The number of aromatic nitrogens is 3. The van der Waals surface area contributed by atoms with Gasteiger partial charge in [-0.3, -0.25) is 0 Å². The van der Waals surface area contributed by atoms with Crippen LogP contribution in [0.25, 0.3) is 89.1 Å². The van der Waals surface area contributed by atoms with Gasteiger partial charge in [0.25, 0.3) is 0 Å². The van der Waals surface area contributed by atoms with E-state index in [9.17, 15) is 0 Å². The second kappa shape index (κ2) is 15.9. The largest absolute Gasteiger partial charge is 0.456 e. The molecule has 2 aromatic heterocycles. The number of hydrogen-bond acceptors (Lipinski definition) is 4. The number of allylic oxidation sites excluding steroid dienone is 5. The molecule has 1 unspecified atom stereocenters. The Morgan fingerprint density at radius 3 is 1.76 bits per heavy atom. The van der Waals surface area contributed by atoms with Crippen LogP contribution in [0.2, 0.25) is 0 Å². The fourth-order valence-electron chi connectivity index (χ4n) is 8.66. The molecular formula is C58H41N3O. The van der Waals surface area contributed by atoms with Crippen LogP contribution in [-0.2, 0) is 0 Å². The molecule has 0 bridgehead atoms. The first kappa shape index (κ1) is 37.1. The first-order valence-electron chi connectivity index (χ1n) is 21.2. The maximum absolute atomic E-state index is 6.29. The number of furan rings is 1. The molecule has 8 aromatic carbocycles. The molecule has 11 rings (SSSR count). The zero-order valence-corrected chi connectivity index (χ0v) is 34.2. The highest BCUT2D eigenvalue weighted by molar-refractivity contribution is 6.07. The number of hydrogen-bond donors (Lipinski definition) is 0. The number of rotatable bonds is 8. The van der Waals surface area contributed by atoms with Crippen molar-refractivity contribution < 1.29 is 4.42 Å². The minimum atomic E-state index is 0.517. The van der Waals surface area contributed by atoms with Gasteiger partial charge in [0.2, 0.25) is 0 Å². The van der Waals surface area contributed by atoms with Crippen LogP contribution in [0.1, 0.15) is 30.0 Å². The van der Waals surface area contributed by atoms with Gasteiger partial charge in [0.15, 0.2) is 17.5 Å². The number of benzene rings is 8. The molecule has 294 valence electrons. The van der Waals surface area contributed by atoms with E-state index in [0.717, 1.165) is 67.1 Å². The molecule has 0 fully saturated rings. The molecule has 0 saturated heterocycles. The van der Waals surface area contributed by atoms with Crippen LogP contribution in [0.3, 0.4) is 0 Å². The Labute approximate surface area is 360 Å². The maximum atomic E-state index is 6.29. The van der Waals surface area contributed by atoms with E-state index >= 15 is 0 Å². The summed E-state index contributed by atoms with van der Waals surface area (Å²) in [7, 11) is 0. The SMILES string of the molecule is CC1C=CC(/C(=C(/c2ccccc2)c2cccc(-c3ccc(-c4nc(-c5ccc6ccccc6c5)nc(-c5ccc6c(c5)oc5ccccc56)n4)cc3)c2)c2ccccc2)=CC1. The molecule has 10 aromatic rings. The molecule has 4 nitrogen and oxygen atoms in total. The Bertz CT molecular complexity index is 3380. The monoisotopic (exact) mass is 795 g/mol. The lowest BCUT2D eigenvalue weighted by Gasteiger charge is -2.21. The van der Waals surface area contributed by atoms with Gasteiger partial charge in [0.05, 0.1) is 0 Å². The normalized spacial score (nSPS) is 14.3. The van der Waals surface area contributed by atoms with E-state index in [1.165, 1.54) is 33.2 Å². The van der Waals surface area contributed by atoms with Crippen LogP contribution in [0, 0.1) is 5.92 Å². The minimum absolute atomic E-state index is 0.517. The summed E-state index contributed by atoms with van der Waals surface area (Å²) >= 11 is 0. The van der Waals surface area contributed by atoms with Gasteiger partial charge in [0.1, 0.15) is 11.2 Å². The van der Waals surface area contributed by atoms with Crippen LogP contribution < -0.4 is 0 Å². The van der Waals surface area contributed by atoms with Crippen molar-refractivity contribution in [2.24, 2.45) is 5.92 Å². The summed E-state index contributed by atoms with van der Waals surface area (Å²) in [6.45, 7) is 2.27. The van der Waals surface area contributed by atoms with E-state index < -0.39 is 0 Å². The molecule has 0 radical (unpaired) electrons. The molecule has 1 aliphatic carbocycles. The molecule has 62 heavy (non-hydrogen) atoms. The highest BCUT2D eigenvalue weighted by atomic mass is 16.3. The summed E-state index contributed by atoms with van der Waals surface area (Å²) in [4.78, 5) is 15.3. The first-order valence-corrected chi connectivity index (χ1v) is 21.2. The van der Waals surface area contributed by atoms with Crippen molar-refractivity contribution in [2.45, 2.75) is 13.3 Å². The number of fused-ring (bicyclic) bond motifs is 4. The van der Waals surface area contributed by atoms with Crippen LogP contribution in [0.15, 0.2) is 222 Å². The van der Waals surface area contributed by atoms with Crippen molar-refractivity contribution in [1.82, 2.24) is 15.0 Å². The third kappa shape index (κ3) is 7.12. The van der Waals surface area contributed by atoms with Gasteiger partial charge in [-0.15, -0.1) is 0 Å². The molecule has 0 amide bonds. The first-order chi connectivity index (χ1) is 30.6. The third-order valence-corrected chi connectivity index (χ3v) is 11.9. The summed E-state index contributed by atoms with van der Waals surface area (Å²) in [6.07, 6.45) is 8.04. The Balaban J connectivity index is 1.01. The Morgan fingerprint density at radius 2 is 1.02 bits per heavy atom. The summed E-state index contributed by atoms with van der Waals surface area (Å²) in [5, 5.41) is 4.45. The van der Waals surface area contributed by atoms with Gasteiger partial charge in [-0.05, 0) is 98.0 Å². The van der Waals surface area contributed by atoms with Gasteiger partial charge in [-0.25, -0.2) is 15.0 Å². The van der Waals surface area contributed by atoms with Gasteiger partial charge >= 0.3 is 0 Å². The Morgan fingerprint density at radius 1 is 0.435 bits per heavy atom. The Hall–Kier alpha value is -7.95. The predicted octanol–water partition coefficient (Wildman–Crippen LogP) is 15.1. The summed E-state index contributed by atoms with van der Waals surface area (Å²) in [5.74, 6) is 2.32. The van der Waals surface area contributed by atoms with Gasteiger partial charge in [-0.1, -0.05) is 189 Å². The topological polar surface area (TPSA) is 51.8 Å². The molecule has 1 atom stereocenters. The Kier molecular flexibility index (Phi) is 9.51. The lowest BCUT2D eigenvalue weighted by molar-refractivity contribution is 0.669. The van der Waals surface area contributed by atoms with Crippen LogP contribution >= 0.6 is 0 Å². The summed E-state index contributed by atoms with van der Waals surface area (Å²) in [5.41, 5.74) is 13.8. The molecule has 1 aliphatic rings. The van der Waals surface area contributed by atoms with Crippen LogP contribution in [0.4, 0.5) is 0 Å². The lowest BCUT2D eigenvalue weighted by atomic mass is 9.82. The molecule has 2 heterocycles. The van der Waals surface area contributed by atoms with Crippen molar-refractivity contribution in [3.63, 3.8) is 0 Å². The van der Waals surface area contributed by atoms with Gasteiger partial charge in [-0.2, -0.15) is 0 Å². The van der Waals surface area contributed by atoms with E-state index in [0.29, 0.717) is 23.4 Å². The minimum Gasteiger partial charge on any atom is -0.456 e. The highest BCUT2D eigenvalue weighted by Crippen LogP contribution is 2.40. The zero-order chi connectivity index (χ0) is 41.4. The van der Waals surface area contributed by atoms with E-state index in [-0.39, 0.29) is 0 Å². The van der Waals surface area contributed by atoms with Gasteiger partial charge in [0, 0.05) is 27.5 Å². The van der Waals surface area contributed by atoms with E-state index in [2.05, 4.69) is 195 Å². The predicted molar refractivity (Wildman–Crippen MR) is 256 cm³/mol. The number of nitrogens with zero attached hydrogens (tertiary/aromatic N) is 3. The molecule has 0 aliphatic heterocycles. The molecule has 0 N–H and O–H groups in total. The van der Waals surface area contributed by atoms with E-state index in [1.54, 1.807) is 0 Å². The average molecular weight is 796 g/mol. The maximum Gasteiger partial charge on any atom is 0.164 e. The quantitative estimate of drug-likeness (QED) is 0.144. The molecule has 4 heteroatoms. The second-order valence-corrected chi connectivity index (χ2v) is 16.0. The third-order valence-electron chi connectivity index (χ3n) is 11.9. The number of para-hydroxylation sites is 1. The average Bonchev–Trinajstić information content (AvgIpc) is 3.72. The lowest BCUT2D eigenvalue weighted by Crippen LogP contribution is -2.01. The van der Waals surface area contributed by atoms with E-state index in [1.807, 2.05) is 24.3 Å². The van der Waals surface area contributed by atoms with Crippen molar-refractivity contribution in [3.8, 4) is 45.3 Å². The fourth-order valence-corrected chi connectivity index (χ4v) is 8.66. The van der Waals surface area contributed by atoms with Crippen molar-refractivity contribution in [2.75, 3.05) is 0 Å². The van der Waals surface area contributed by atoms with E-state index in [4.69, 9.17) is 19.4 Å².